The minimum atomic E-state index is -4.96. The first-order valence-electron chi connectivity index (χ1n) is 8.70. The molecule has 0 fully saturated rings. The summed E-state index contributed by atoms with van der Waals surface area (Å²) >= 11 is 0. The van der Waals surface area contributed by atoms with E-state index in [-0.39, 0.29) is 44.7 Å². The predicted octanol–water partition coefficient (Wildman–Crippen LogP) is 2.89. The van der Waals surface area contributed by atoms with E-state index in [4.69, 9.17) is 4.74 Å². The van der Waals surface area contributed by atoms with Crippen molar-refractivity contribution in [3.8, 4) is 5.75 Å². The summed E-state index contributed by atoms with van der Waals surface area (Å²) in [6.07, 6.45) is 1.39. The molecule has 4 aromatic rings. The zero-order valence-electron chi connectivity index (χ0n) is 15.9. The van der Waals surface area contributed by atoms with Crippen LogP contribution >= 0.6 is 0 Å². The van der Waals surface area contributed by atoms with Crippen LogP contribution < -0.4 is 4.74 Å². The molecule has 168 valence electrons. The Labute approximate surface area is 182 Å². The smallest absolute Gasteiger partial charge is 0.295 e. The summed E-state index contributed by atoms with van der Waals surface area (Å²) in [6, 6.07) is 6.76. The summed E-state index contributed by atoms with van der Waals surface area (Å²) in [6.45, 7) is 3.46. The number of benzene rings is 4. The van der Waals surface area contributed by atoms with E-state index in [0.717, 1.165) is 6.07 Å². The van der Waals surface area contributed by atoms with E-state index < -0.39 is 45.0 Å². The summed E-state index contributed by atoms with van der Waals surface area (Å²) in [4.78, 5) is -2.18. The van der Waals surface area contributed by atoms with Crippen LogP contribution in [-0.2, 0) is 30.4 Å². The monoisotopic (exact) mass is 498 g/mol. The fourth-order valence-electron chi connectivity index (χ4n) is 3.77. The van der Waals surface area contributed by atoms with Crippen LogP contribution in [-0.4, -0.2) is 45.5 Å². The first-order chi connectivity index (χ1) is 14.7. The van der Waals surface area contributed by atoms with Gasteiger partial charge in [0, 0.05) is 38.4 Å². The SMILES string of the molecule is C=CCOc1cc(S(=O)(=O)O)c2ccc3c(S(=O)(=O)O)cc(S(=O)(=O)O)c4ccc1c2c43. The molecule has 10 nitrogen and oxygen atoms in total. The highest BCUT2D eigenvalue weighted by Gasteiger charge is 2.28. The van der Waals surface area contributed by atoms with Crippen molar-refractivity contribution in [2.75, 3.05) is 6.61 Å². The lowest BCUT2D eigenvalue weighted by Crippen LogP contribution is -2.07. The molecular weight excluding hydrogens is 484 g/mol. The largest absolute Gasteiger partial charge is 0.489 e. The summed E-state index contributed by atoms with van der Waals surface area (Å²) in [5, 5.41) is -0.0759. The standard InChI is InChI=1S/C19H14O10S3/c1-2-7-29-14-8-15(30(20,21)22)11-5-6-13-17(32(26,27)28)9-16(31(23,24)25)12-4-3-10(14)18(11)19(12)13/h2-6,8-9H,1,7H2,(H,20,21,22)(H,23,24,25)(H,26,27,28). The van der Waals surface area contributed by atoms with Gasteiger partial charge in [-0.1, -0.05) is 30.9 Å². The molecule has 0 saturated carbocycles. The highest BCUT2D eigenvalue weighted by Crippen LogP contribution is 2.45. The second kappa shape index (κ2) is 7.10. The first kappa shape index (κ1) is 22.4. The van der Waals surface area contributed by atoms with Gasteiger partial charge in [0.2, 0.25) is 0 Å². The molecule has 4 rings (SSSR count). The molecule has 13 heteroatoms. The molecule has 3 N–H and O–H groups in total. The minimum Gasteiger partial charge on any atom is -0.489 e. The van der Waals surface area contributed by atoms with Crippen molar-refractivity contribution in [2.45, 2.75) is 14.7 Å². The number of rotatable bonds is 6. The molecule has 0 amide bonds. The molecule has 4 aromatic carbocycles. The Hall–Kier alpha value is -2.81. The Morgan fingerprint density at radius 1 is 0.688 bits per heavy atom. The molecular formula is C19H14O10S3. The van der Waals surface area contributed by atoms with Crippen molar-refractivity contribution in [2.24, 2.45) is 0 Å². The topological polar surface area (TPSA) is 172 Å². The van der Waals surface area contributed by atoms with Crippen LogP contribution in [0.25, 0.3) is 32.3 Å². The molecule has 0 aromatic heterocycles. The quantitative estimate of drug-likeness (QED) is 0.204. The van der Waals surface area contributed by atoms with Crippen molar-refractivity contribution in [1.29, 1.82) is 0 Å². The third-order valence-corrected chi connectivity index (χ3v) is 7.62. The maximum atomic E-state index is 12.1. The molecule has 0 bridgehead atoms. The number of hydrogen-bond acceptors (Lipinski definition) is 7. The van der Waals surface area contributed by atoms with E-state index in [1.165, 1.54) is 30.3 Å². The molecule has 0 unspecified atom stereocenters. The van der Waals surface area contributed by atoms with E-state index in [2.05, 4.69) is 6.58 Å². The van der Waals surface area contributed by atoms with Gasteiger partial charge in [0.15, 0.2) is 0 Å². The van der Waals surface area contributed by atoms with Gasteiger partial charge in [-0.15, -0.1) is 0 Å². The molecule has 0 radical (unpaired) electrons. The molecule has 0 spiro atoms. The van der Waals surface area contributed by atoms with Gasteiger partial charge in [0.05, 0.1) is 0 Å². The van der Waals surface area contributed by atoms with Gasteiger partial charge in [-0.25, -0.2) is 0 Å². The van der Waals surface area contributed by atoms with Gasteiger partial charge < -0.3 is 4.74 Å². The van der Waals surface area contributed by atoms with Crippen LogP contribution in [0, 0.1) is 0 Å². The maximum absolute atomic E-state index is 12.1. The van der Waals surface area contributed by atoms with Gasteiger partial charge in [-0.05, 0) is 12.1 Å². The average Bonchev–Trinajstić information content (AvgIpc) is 2.67. The molecule has 32 heavy (non-hydrogen) atoms. The Bertz CT molecular complexity index is 1700. The van der Waals surface area contributed by atoms with Crippen LogP contribution in [0.2, 0.25) is 0 Å². The van der Waals surface area contributed by atoms with E-state index >= 15 is 0 Å². The van der Waals surface area contributed by atoms with Gasteiger partial charge >= 0.3 is 0 Å². The Morgan fingerprint density at radius 2 is 1.06 bits per heavy atom. The molecule has 0 atom stereocenters. The Kier molecular flexibility index (Phi) is 4.96. The normalized spacial score (nSPS) is 13.2. The highest BCUT2D eigenvalue weighted by atomic mass is 32.2. The zero-order chi connectivity index (χ0) is 23.6. The van der Waals surface area contributed by atoms with Crippen molar-refractivity contribution in [3.63, 3.8) is 0 Å². The summed E-state index contributed by atoms with van der Waals surface area (Å²) in [7, 11) is -14.7. The average molecular weight is 499 g/mol. The van der Waals surface area contributed by atoms with Crippen molar-refractivity contribution in [1.82, 2.24) is 0 Å². The zero-order valence-corrected chi connectivity index (χ0v) is 18.3. The Balaban J connectivity index is 2.40. The second-order valence-corrected chi connectivity index (χ2v) is 11.0. The molecule has 0 aliphatic rings. The fourth-order valence-corrected chi connectivity index (χ4v) is 5.98. The van der Waals surface area contributed by atoms with Gasteiger partial charge in [-0.2, -0.15) is 25.3 Å². The summed E-state index contributed by atoms with van der Waals surface area (Å²) in [5.41, 5.74) is 0. The molecule has 0 heterocycles. The van der Waals surface area contributed by atoms with Crippen LogP contribution in [0.15, 0.2) is 63.7 Å². The molecule has 0 aliphatic carbocycles. The lowest BCUT2D eigenvalue weighted by molar-refractivity contribution is 0.366. The minimum absolute atomic E-state index is 0.00918. The lowest BCUT2D eigenvalue weighted by atomic mass is 9.93. The maximum Gasteiger partial charge on any atom is 0.295 e. The highest BCUT2D eigenvalue weighted by molar-refractivity contribution is 7.87. The molecule has 0 saturated heterocycles. The van der Waals surface area contributed by atoms with E-state index in [0.29, 0.717) is 6.07 Å². The number of ether oxygens (including phenoxy) is 1. The van der Waals surface area contributed by atoms with Crippen molar-refractivity contribution < 1.29 is 43.6 Å². The van der Waals surface area contributed by atoms with Crippen molar-refractivity contribution in [3.05, 3.63) is 49.1 Å². The lowest BCUT2D eigenvalue weighted by Gasteiger charge is -2.18. The summed E-state index contributed by atoms with van der Waals surface area (Å²) in [5.74, 6) is -0.00918. The Morgan fingerprint density at radius 3 is 1.47 bits per heavy atom. The van der Waals surface area contributed by atoms with E-state index in [9.17, 15) is 38.9 Å². The van der Waals surface area contributed by atoms with Gasteiger partial charge in [-0.3, -0.25) is 13.7 Å². The van der Waals surface area contributed by atoms with Crippen molar-refractivity contribution >= 4 is 62.7 Å². The number of hydrogen-bond donors (Lipinski definition) is 3. The van der Waals surface area contributed by atoms with Crippen LogP contribution in [0.3, 0.4) is 0 Å². The van der Waals surface area contributed by atoms with Crippen LogP contribution in [0.1, 0.15) is 0 Å². The third kappa shape index (κ3) is 3.48. The second-order valence-electron chi connectivity index (χ2n) is 6.84. The van der Waals surface area contributed by atoms with E-state index in [1.54, 1.807) is 0 Å². The van der Waals surface area contributed by atoms with Gasteiger partial charge in [0.25, 0.3) is 30.4 Å². The van der Waals surface area contributed by atoms with Crippen LogP contribution in [0.5, 0.6) is 5.75 Å². The summed E-state index contributed by atoms with van der Waals surface area (Å²) < 4.78 is 107. The van der Waals surface area contributed by atoms with E-state index in [1.807, 2.05) is 0 Å². The third-order valence-electron chi connectivity index (χ3n) is 4.94. The first-order valence-corrected chi connectivity index (χ1v) is 13.0. The fraction of sp³-hybridized carbons (Fsp3) is 0.0526. The van der Waals surface area contributed by atoms with Crippen LogP contribution in [0.4, 0.5) is 0 Å². The predicted molar refractivity (Wildman–Crippen MR) is 115 cm³/mol. The van der Waals surface area contributed by atoms with Gasteiger partial charge in [0.1, 0.15) is 27.0 Å². The molecule has 0 aliphatic heterocycles.